The number of hydrogen-bond donors (Lipinski definition) is 1. The number of carbonyl (C=O) groups is 1. The second-order valence-corrected chi connectivity index (χ2v) is 4.62. The van der Waals surface area contributed by atoms with Crippen molar-refractivity contribution in [3.05, 3.63) is 0 Å². The zero-order valence-electron chi connectivity index (χ0n) is 10.1. The molecule has 1 heterocycles. The van der Waals surface area contributed by atoms with Gasteiger partial charge in [0, 0.05) is 7.11 Å². The van der Waals surface area contributed by atoms with Crippen LogP contribution in [0.15, 0.2) is 4.99 Å². The molecule has 2 amide bonds. The fourth-order valence-electron chi connectivity index (χ4n) is 2.58. The van der Waals surface area contributed by atoms with Crippen LogP contribution in [0.25, 0.3) is 0 Å². The van der Waals surface area contributed by atoms with Crippen molar-refractivity contribution < 1.29 is 9.53 Å². The van der Waals surface area contributed by atoms with Gasteiger partial charge in [0.05, 0.1) is 12.6 Å². The summed E-state index contributed by atoms with van der Waals surface area (Å²) in [6, 6.07) is -0.681. The third kappa shape index (κ3) is 1.60. The van der Waals surface area contributed by atoms with E-state index in [4.69, 9.17) is 16.9 Å². The third-order valence-corrected chi connectivity index (χ3v) is 3.54. The van der Waals surface area contributed by atoms with E-state index in [0.717, 1.165) is 12.8 Å². The van der Waals surface area contributed by atoms with Gasteiger partial charge in [-0.3, -0.25) is 4.90 Å². The first-order valence-electron chi connectivity index (χ1n) is 5.71. The Labute approximate surface area is 101 Å². The number of carbonyl (C=O) groups excluding carboxylic acids is 1. The van der Waals surface area contributed by atoms with Crippen molar-refractivity contribution in [1.82, 2.24) is 4.90 Å². The quantitative estimate of drug-likeness (QED) is 0.725. The van der Waals surface area contributed by atoms with Gasteiger partial charge in [-0.15, -0.1) is 6.42 Å². The summed E-state index contributed by atoms with van der Waals surface area (Å²) in [6.45, 7) is 2.16. The molecule has 1 aliphatic carbocycles. The van der Waals surface area contributed by atoms with Crippen LogP contribution in [0.4, 0.5) is 4.79 Å². The van der Waals surface area contributed by atoms with E-state index in [1.807, 2.05) is 0 Å². The predicted octanol–water partition coefficient (Wildman–Crippen LogP) is 0.596. The van der Waals surface area contributed by atoms with Crippen molar-refractivity contribution in [3.63, 3.8) is 0 Å². The van der Waals surface area contributed by atoms with Gasteiger partial charge in [-0.05, 0) is 25.7 Å². The minimum Gasteiger partial charge on any atom is -0.385 e. The monoisotopic (exact) mass is 235 g/mol. The van der Waals surface area contributed by atoms with Crippen LogP contribution in [0.3, 0.4) is 0 Å². The highest BCUT2D eigenvalue weighted by molar-refractivity contribution is 6.06. The molecule has 2 aliphatic rings. The van der Waals surface area contributed by atoms with Gasteiger partial charge in [0.1, 0.15) is 11.4 Å². The van der Waals surface area contributed by atoms with Gasteiger partial charge in [-0.1, -0.05) is 5.92 Å². The highest BCUT2D eigenvalue weighted by atomic mass is 16.5. The van der Waals surface area contributed by atoms with Crippen molar-refractivity contribution in [2.75, 3.05) is 13.7 Å². The van der Waals surface area contributed by atoms with Crippen LogP contribution in [0, 0.1) is 18.3 Å². The van der Waals surface area contributed by atoms with E-state index < -0.39 is 5.54 Å². The van der Waals surface area contributed by atoms with E-state index in [2.05, 4.69) is 10.9 Å². The number of amides is 2. The Bertz CT molecular complexity index is 408. The normalized spacial score (nSPS) is 30.1. The van der Waals surface area contributed by atoms with E-state index in [1.54, 1.807) is 18.9 Å². The van der Waals surface area contributed by atoms with Crippen molar-refractivity contribution in [1.29, 1.82) is 0 Å². The van der Waals surface area contributed by atoms with Crippen molar-refractivity contribution >= 4 is 11.9 Å². The molecule has 0 bridgehead atoms. The van der Waals surface area contributed by atoms with Crippen LogP contribution in [-0.2, 0) is 4.74 Å². The Morgan fingerprint density at radius 1 is 1.76 bits per heavy atom. The number of ether oxygens (including phenoxy) is 1. The predicted molar refractivity (Wildman–Crippen MR) is 64.5 cm³/mol. The minimum absolute atomic E-state index is 0.313. The Morgan fingerprint density at radius 3 is 2.88 bits per heavy atom. The van der Waals surface area contributed by atoms with E-state index >= 15 is 0 Å². The number of nitrogens with two attached hydrogens (primary N) is 1. The van der Waals surface area contributed by atoms with Gasteiger partial charge < -0.3 is 10.5 Å². The van der Waals surface area contributed by atoms with Crippen LogP contribution < -0.4 is 5.73 Å². The molecule has 5 nitrogen and oxygen atoms in total. The maximum Gasteiger partial charge on any atom is 0.347 e. The maximum atomic E-state index is 11.9. The molecule has 0 radical (unpaired) electrons. The molecule has 2 unspecified atom stereocenters. The summed E-state index contributed by atoms with van der Waals surface area (Å²) in [5.74, 6) is 3.23. The van der Waals surface area contributed by atoms with Gasteiger partial charge in [0.2, 0.25) is 0 Å². The lowest BCUT2D eigenvalue weighted by Crippen LogP contribution is -2.61. The molecule has 1 fully saturated rings. The molecule has 0 aromatic rings. The van der Waals surface area contributed by atoms with Crippen molar-refractivity contribution in [3.8, 4) is 12.3 Å². The largest absolute Gasteiger partial charge is 0.385 e. The third-order valence-electron chi connectivity index (χ3n) is 3.54. The molecule has 0 aromatic carbocycles. The van der Waals surface area contributed by atoms with Gasteiger partial charge >= 0.3 is 6.03 Å². The summed E-state index contributed by atoms with van der Waals surface area (Å²) < 4.78 is 5.25. The van der Waals surface area contributed by atoms with Crippen molar-refractivity contribution in [2.45, 2.75) is 31.3 Å². The lowest BCUT2D eigenvalue weighted by atomic mass is 9.90. The molecule has 2 N–H and O–H groups in total. The van der Waals surface area contributed by atoms with E-state index in [-0.39, 0.29) is 12.1 Å². The van der Waals surface area contributed by atoms with E-state index in [1.165, 1.54) is 0 Å². The number of nitrogens with zero attached hydrogens (tertiary/aromatic N) is 2. The van der Waals surface area contributed by atoms with Crippen LogP contribution in [-0.4, -0.2) is 42.1 Å². The lowest BCUT2D eigenvalue weighted by Gasteiger charge is -2.39. The molecule has 0 saturated heterocycles. The highest BCUT2D eigenvalue weighted by Crippen LogP contribution is 2.46. The lowest BCUT2D eigenvalue weighted by molar-refractivity contribution is 0.0620. The van der Waals surface area contributed by atoms with Gasteiger partial charge in [0.15, 0.2) is 0 Å². The molecule has 0 spiro atoms. The number of terminal acetylenes is 1. The summed E-state index contributed by atoms with van der Waals surface area (Å²) in [6.07, 6.45) is 7.48. The molecule has 2 rings (SSSR count). The van der Waals surface area contributed by atoms with Crippen LogP contribution in [0.1, 0.15) is 19.8 Å². The number of rotatable bonds is 4. The SMILES string of the molecule is C#CC(C)N1C(=O)N=C(N)C1(COC)C1CC1. The summed E-state index contributed by atoms with van der Waals surface area (Å²) >= 11 is 0. The molecule has 92 valence electrons. The fourth-order valence-corrected chi connectivity index (χ4v) is 2.58. The second-order valence-electron chi connectivity index (χ2n) is 4.62. The zero-order valence-corrected chi connectivity index (χ0v) is 10.1. The van der Waals surface area contributed by atoms with Gasteiger partial charge in [0.25, 0.3) is 0 Å². The Morgan fingerprint density at radius 2 is 2.41 bits per heavy atom. The number of methoxy groups -OCH3 is 1. The average molecular weight is 235 g/mol. The summed E-state index contributed by atoms with van der Waals surface area (Å²) in [4.78, 5) is 17.4. The van der Waals surface area contributed by atoms with Crippen LogP contribution in [0.5, 0.6) is 0 Å². The molecule has 1 aliphatic heterocycles. The van der Waals surface area contributed by atoms with Gasteiger partial charge in [-0.2, -0.15) is 4.99 Å². The van der Waals surface area contributed by atoms with E-state index in [0.29, 0.717) is 18.4 Å². The molecular weight excluding hydrogens is 218 g/mol. The number of urea groups is 1. The smallest absolute Gasteiger partial charge is 0.347 e. The first-order valence-corrected chi connectivity index (χ1v) is 5.71. The minimum atomic E-state index is -0.627. The second kappa shape index (κ2) is 4.04. The van der Waals surface area contributed by atoms with Crippen LogP contribution >= 0.6 is 0 Å². The summed E-state index contributed by atoms with van der Waals surface area (Å²) in [7, 11) is 1.60. The fraction of sp³-hybridized carbons (Fsp3) is 0.667. The standard InChI is InChI=1S/C12H17N3O2/c1-4-8(2)15-11(16)14-10(13)12(15,7-17-3)9-5-6-9/h1,8-9H,5-7H2,2-3H3,(H2,13,14,16). The topological polar surface area (TPSA) is 67.9 Å². The Hall–Kier alpha value is -1.54. The molecular formula is C12H17N3O2. The number of hydrogen-bond acceptors (Lipinski definition) is 3. The first kappa shape index (κ1) is 11.9. The number of amidine groups is 1. The molecule has 17 heavy (non-hydrogen) atoms. The maximum absolute atomic E-state index is 11.9. The first-order chi connectivity index (χ1) is 8.07. The average Bonchev–Trinajstić information content (AvgIpc) is 3.08. The van der Waals surface area contributed by atoms with Gasteiger partial charge in [-0.25, -0.2) is 4.79 Å². The molecule has 1 saturated carbocycles. The molecule has 0 aromatic heterocycles. The zero-order chi connectivity index (χ0) is 12.6. The molecule has 5 heteroatoms. The highest BCUT2D eigenvalue weighted by Gasteiger charge is 2.58. The van der Waals surface area contributed by atoms with Crippen molar-refractivity contribution in [2.24, 2.45) is 16.6 Å². The van der Waals surface area contributed by atoms with Crippen LogP contribution in [0.2, 0.25) is 0 Å². The summed E-state index contributed by atoms with van der Waals surface area (Å²) in [5.41, 5.74) is 5.33. The summed E-state index contributed by atoms with van der Waals surface area (Å²) in [5, 5.41) is 0. The molecule has 2 atom stereocenters. The Kier molecular flexibility index (Phi) is 2.84. The Balaban J connectivity index is 2.41. The number of aliphatic imine (C=N–C) groups is 1. The van der Waals surface area contributed by atoms with E-state index in [9.17, 15) is 4.79 Å².